The lowest BCUT2D eigenvalue weighted by Gasteiger charge is -1.99. The Bertz CT molecular complexity index is 2360. The number of hydrogen-bond donors (Lipinski definition) is 6. The number of terminal acetylenes is 1. The molecule has 0 aliphatic rings. The number of hydrogen-bond acceptors (Lipinski definition) is 11. The maximum atomic E-state index is 10.2. The van der Waals surface area contributed by atoms with Crippen LogP contribution < -0.4 is 16.4 Å². The van der Waals surface area contributed by atoms with Gasteiger partial charge < -0.3 is 39.2 Å². The Hall–Kier alpha value is -7.08. The molecule has 0 spiro atoms. The van der Waals surface area contributed by atoms with E-state index in [9.17, 15) is 4.79 Å². The molecular formula is C45H37B3N2O9. The molecule has 290 valence electrons. The molecule has 0 saturated heterocycles. The van der Waals surface area contributed by atoms with Gasteiger partial charge in [0.2, 0.25) is 0 Å². The molecule has 0 aliphatic carbocycles. The molecule has 0 aliphatic heterocycles. The second-order valence-corrected chi connectivity index (χ2v) is 12.5. The van der Waals surface area contributed by atoms with E-state index in [-0.39, 0.29) is 0 Å². The number of rotatable bonds is 8. The first-order valence-corrected chi connectivity index (χ1v) is 18.0. The van der Waals surface area contributed by atoms with Crippen molar-refractivity contribution in [2.24, 2.45) is 0 Å². The average Bonchev–Trinajstić information content (AvgIpc) is 4.00. The molecule has 6 aromatic carbocycles. The van der Waals surface area contributed by atoms with Crippen LogP contribution >= 0.6 is 0 Å². The van der Waals surface area contributed by atoms with Gasteiger partial charge in [-0.3, -0.25) is 4.79 Å². The summed E-state index contributed by atoms with van der Waals surface area (Å²) in [6.07, 6.45) is 5.80. The van der Waals surface area contributed by atoms with Crippen molar-refractivity contribution < 1.29 is 44.0 Å². The molecule has 0 saturated carbocycles. The topological polar surface area (TPSA) is 191 Å². The fraction of sp³-hybridized carbons (Fsp3) is 0. The van der Waals surface area contributed by atoms with Gasteiger partial charge in [0.25, 0.3) is 0 Å². The Morgan fingerprint density at radius 2 is 0.797 bits per heavy atom. The maximum Gasteiger partial charge on any atom is 0.488 e. The molecule has 0 fully saturated rings. The minimum Gasteiger partial charge on any atom is -0.423 e. The van der Waals surface area contributed by atoms with E-state index < -0.39 is 21.4 Å². The van der Waals surface area contributed by atoms with Crippen molar-refractivity contribution in [2.45, 2.75) is 0 Å². The summed E-state index contributed by atoms with van der Waals surface area (Å²) in [7, 11) is -4.38. The average molecular weight is 782 g/mol. The van der Waals surface area contributed by atoms with Gasteiger partial charge in [-0.05, 0) is 28.5 Å². The van der Waals surface area contributed by atoms with Crippen molar-refractivity contribution in [3.63, 3.8) is 0 Å². The van der Waals surface area contributed by atoms with Gasteiger partial charge in [0.1, 0.15) is 17.7 Å². The van der Waals surface area contributed by atoms with Gasteiger partial charge in [0.15, 0.2) is 11.5 Å². The fourth-order valence-corrected chi connectivity index (χ4v) is 5.23. The predicted molar refractivity (Wildman–Crippen MR) is 230 cm³/mol. The molecule has 6 N–H and O–H groups in total. The Kier molecular flexibility index (Phi) is 16.1. The molecule has 8 rings (SSSR count). The molecule has 0 radical (unpaired) electrons. The van der Waals surface area contributed by atoms with Crippen LogP contribution in [-0.2, 0) is 0 Å². The Labute approximate surface area is 341 Å². The zero-order chi connectivity index (χ0) is 42.0. The molecule has 0 atom stereocenters. The molecular weight excluding hydrogens is 745 g/mol. The third-order valence-electron chi connectivity index (χ3n) is 8.46. The lowest BCUT2D eigenvalue weighted by Crippen LogP contribution is -2.29. The van der Waals surface area contributed by atoms with Gasteiger partial charge in [-0.2, -0.15) is 0 Å². The highest BCUT2D eigenvalue weighted by Gasteiger charge is 2.14. The summed E-state index contributed by atoms with van der Waals surface area (Å²) in [6.45, 7) is 0. The quantitative estimate of drug-likeness (QED) is 0.0736. The number of aldehydes is 1. The van der Waals surface area contributed by atoms with Gasteiger partial charge in [0, 0.05) is 45.5 Å². The first kappa shape index (κ1) is 43.1. The van der Waals surface area contributed by atoms with Crippen molar-refractivity contribution >= 4 is 44.0 Å². The minimum absolute atomic E-state index is 0.385. The van der Waals surface area contributed by atoms with E-state index in [1.807, 2.05) is 103 Å². The number of carbonyl (C=O) groups excluding carboxylic acids is 1. The summed E-state index contributed by atoms with van der Waals surface area (Å²) in [5.74, 6) is 3.93. The number of nitrogens with zero attached hydrogens (tertiary/aromatic N) is 2. The predicted octanol–water partition coefficient (Wildman–Crippen LogP) is 4.22. The van der Waals surface area contributed by atoms with E-state index in [2.05, 4.69) is 16.2 Å². The molecule has 0 bridgehead atoms. The summed E-state index contributed by atoms with van der Waals surface area (Å²) in [4.78, 5) is 10.2. The van der Waals surface area contributed by atoms with Crippen LogP contribution in [0.3, 0.4) is 0 Å². The largest absolute Gasteiger partial charge is 0.488 e. The number of aromatic nitrogens is 2. The molecule has 0 unspecified atom stereocenters. The second kappa shape index (κ2) is 22.0. The molecule has 0 amide bonds. The molecule has 8 aromatic rings. The fourth-order valence-electron chi connectivity index (χ4n) is 5.23. The van der Waals surface area contributed by atoms with Crippen LogP contribution in [0.4, 0.5) is 0 Å². The Morgan fingerprint density at radius 3 is 1.10 bits per heavy atom. The smallest absolute Gasteiger partial charge is 0.423 e. The second-order valence-electron chi connectivity index (χ2n) is 12.5. The number of carbonyl (C=O) groups is 1. The van der Waals surface area contributed by atoms with Gasteiger partial charge in [0.05, 0.1) is 0 Å². The first-order valence-electron chi connectivity index (χ1n) is 18.0. The lowest BCUT2D eigenvalue weighted by atomic mass is 9.80. The monoisotopic (exact) mass is 782 g/mol. The van der Waals surface area contributed by atoms with Gasteiger partial charge in [-0.15, -0.1) is 6.42 Å². The third kappa shape index (κ3) is 13.0. The minimum atomic E-state index is -1.46. The highest BCUT2D eigenvalue weighted by atomic mass is 16.5. The maximum absolute atomic E-state index is 10.2. The third-order valence-corrected chi connectivity index (χ3v) is 8.46. The van der Waals surface area contributed by atoms with Gasteiger partial charge in [-0.25, -0.2) is 0 Å². The lowest BCUT2D eigenvalue weighted by molar-refractivity contribution is 0.112. The Morgan fingerprint density at radius 1 is 0.458 bits per heavy atom. The summed E-state index contributed by atoms with van der Waals surface area (Å²) in [6, 6.07) is 52.5. The molecule has 2 heterocycles. The normalized spacial score (nSPS) is 9.92. The zero-order valence-electron chi connectivity index (χ0n) is 31.4. The van der Waals surface area contributed by atoms with Crippen LogP contribution in [0.5, 0.6) is 0 Å². The van der Waals surface area contributed by atoms with Crippen molar-refractivity contribution in [3.8, 4) is 57.5 Å². The van der Waals surface area contributed by atoms with E-state index in [1.54, 1.807) is 48.5 Å². The standard InChI is InChI=1S/2C15H12BNO3.C8H6.C7H7BO3/c2*18-16(19)13-8-6-11(7-9-13)14-10-15(20-17-14)12-4-2-1-3-5-12;1-2-8-6-4-3-5-7-8;9-5-6-1-3-7(4-2-6)8(10)11/h2*1-10,18-19H;1,3-7H;1-5,10-11H. The van der Waals surface area contributed by atoms with Crippen LogP contribution in [-0.4, -0.2) is 68.1 Å². The Balaban J connectivity index is 0.000000159. The summed E-state index contributed by atoms with van der Waals surface area (Å²) in [5, 5.41) is 61.6. The van der Waals surface area contributed by atoms with Crippen LogP contribution in [0, 0.1) is 12.3 Å². The van der Waals surface area contributed by atoms with Crippen molar-refractivity contribution in [2.75, 3.05) is 0 Å². The van der Waals surface area contributed by atoms with E-state index in [0.29, 0.717) is 51.1 Å². The van der Waals surface area contributed by atoms with E-state index in [0.717, 1.165) is 27.8 Å². The molecule has 59 heavy (non-hydrogen) atoms. The first-order chi connectivity index (χ1) is 28.6. The molecule has 2 aromatic heterocycles. The van der Waals surface area contributed by atoms with Crippen LogP contribution in [0.25, 0.3) is 45.2 Å². The molecule has 14 heteroatoms. The van der Waals surface area contributed by atoms with Crippen molar-refractivity contribution in [1.82, 2.24) is 10.3 Å². The van der Waals surface area contributed by atoms with Crippen LogP contribution in [0.15, 0.2) is 185 Å². The van der Waals surface area contributed by atoms with Gasteiger partial charge in [-0.1, -0.05) is 168 Å². The van der Waals surface area contributed by atoms with Crippen LogP contribution in [0.2, 0.25) is 0 Å². The zero-order valence-corrected chi connectivity index (χ0v) is 31.4. The SMILES string of the molecule is C#Cc1ccccc1.O=Cc1ccc(B(O)O)cc1.OB(O)c1ccc(-c2cc(-c3ccccc3)on2)cc1.OB(O)c1ccc(-c2cc(-c3ccccc3)on2)cc1. The number of benzene rings is 6. The summed E-state index contributed by atoms with van der Waals surface area (Å²) < 4.78 is 10.7. The summed E-state index contributed by atoms with van der Waals surface area (Å²) in [5.41, 5.74) is 7.81. The van der Waals surface area contributed by atoms with Crippen molar-refractivity contribution in [3.05, 3.63) is 187 Å². The van der Waals surface area contributed by atoms with Gasteiger partial charge >= 0.3 is 21.4 Å². The highest BCUT2D eigenvalue weighted by Crippen LogP contribution is 2.26. The molecule has 11 nitrogen and oxygen atoms in total. The van der Waals surface area contributed by atoms with Crippen molar-refractivity contribution in [1.29, 1.82) is 0 Å². The van der Waals surface area contributed by atoms with Crippen LogP contribution in [0.1, 0.15) is 15.9 Å². The summed E-state index contributed by atoms with van der Waals surface area (Å²) >= 11 is 0. The highest BCUT2D eigenvalue weighted by molar-refractivity contribution is 6.59. The van der Waals surface area contributed by atoms with E-state index >= 15 is 0 Å². The van der Waals surface area contributed by atoms with E-state index in [4.69, 9.17) is 45.6 Å². The van der Waals surface area contributed by atoms with E-state index in [1.165, 1.54) is 24.3 Å².